The molecule has 1 aliphatic rings. The number of nitrogens with one attached hydrogen (secondary N) is 1. The van der Waals surface area contributed by atoms with Crippen LogP contribution in [0.15, 0.2) is 53.9 Å². The van der Waals surface area contributed by atoms with Crippen molar-refractivity contribution in [2.75, 3.05) is 12.4 Å². The number of ether oxygens (including phenoxy) is 1. The molecule has 118 valence electrons. The number of hydrogen-bond acceptors (Lipinski definition) is 5. The van der Waals surface area contributed by atoms with E-state index in [4.69, 9.17) is 9.57 Å². The summed E-state index contributed by atoms with van der Waals surface area (Å²) in [6.07, 6.45) is 3.63. The number of hydrogen-bond donors (Lipinski definition) is 1. The van der Waals surface area contributed by atoms with Gasteiger partial charge in [0.25, 0.3) is 5.91 Å². The molecule has 0 saturated carbocycles. The molecule has 0 spiro atoms. The van der Waals surface area contributed by atoms with Gasteiger partial charge in [0.2, 0.25) is 5.60 Å². The van der Waals surface area contributed by atoms with E-state index in [9.17, 15) is 4.79 Å². The van der Waals surface area contributed by atoms with Crippen LogP contribution < -0.4 is 10.1 Å². The molecule has 1 amide bonds. The molecule has 2 heterocycles. The zero-order chi connectivity index (χ0) is 16.3. The number of benzene rings is 1. The summed E-state index contributed by atoms with van der Waals surface area (Å²) in [6.45, 7) is 1.73. The number of aromatic nitrogens is 1. The van der Waals surface area contributed by atoms with E-state index >= 15 is 0 Å². The first-order valence-electron chi connectivity index (χ1n) is 7.22. The number of rotatable bonds is 4. The van der Waals surface area contributed by atoms with E-state index in [0.717, 1.165) is 17.0 Å². The lowest BCUT2D eigenvalue weighted by Gasteiger charge is -2.20. The summed E-state index contributed by atoms with van der Waals surface area (Å²) in [5.41, 5.74) is 1.29. The lowest BCUT2D eigenvalue weighted by atomic mass is 9.95. The highest BCUT2D eigenvalue weighted by Gasteiger charge is 2.42. The molecule has 1 atom stereocenters. The molecule has 6 nitrogen and oxygen atoms in total. The summed E-state index contributed by atoms with van der Waals surface area (Å²) >= 11 is 0. The second kappa shape index (κ2) is 6.08. The van der Waals surface area contributed by atoms with Gasteiger partial charge in [-0.3, -0.25) is 9.78 Å². The second-order valence-electron chi connectivity index (χ2n) is 5.46. The maximum absolute atomic E-state index is 12.5. The van der Waals surface area contributed by atoms with Crippen LogP contribution in [0.5, 0.6) is 5.75 Å². The van der Waals surface area contributed by atoms with Crippen molar-refractivity contribution in [1.82, 2.24) is 4.98 Å². The Morgan fingerprint density at radius 2 is 1.91 bits per heavy atom. The number of carbonyl (C=O) groups is 1. The third-order valence-electron chi connectivity index (χ3n) is 3.70. The predicted octanol–water partition coefficient (Wildman–Crippen LogP) is 2.61. The number of methoxy groups -OCH3 is 1. The topological polar surface area (TPSA) is 72.8 Å². The molecule has 0 saturated heterocycles. The Morgan fingerprint density at radius 3 is 2.57 bits per heavy atom. The number of nitrogens with zero attached hydrogens (tertiary/aromatic N) is 2. The van der Waals surface area contributed by atoms with Crippen molar-refractivity contribution in [2.24, 2.45) is 5.16 Å². The number of anilines is 1. The Bertz CT molecular complexity index is 729. The maximum Gasteiger partial charge on any atom is 0.271 e. The van der Waals surface area contributed by atoms with Gasteiger partial charge in [0.05, 0.1) is 12.8 Å². The molecule has 1 aromatic carbocycles. The molecule has 0 radical (unpaired) electrons. The smallest absolute Gasteiger partial charge is 0.271 e. The van der Waals surface area contributed by atoms with Crippen LogP contribution in [0.3, 0.4) is 0 Å². The van der Waals surface area contributed by atoms with Crippen molar-refractivity contribution in [3.63, 3.8) is 0 Å². The molecule has 23 heavy (non-hydrogen) atoms. The summed E-state index contributed by atoms with van der Waals surface area (Å²) in [7, 11) is 1.62. The molecule has 0 aliphatic carbocycles. The molecule has 0 bridgehead atoms. The molecule has 1 aliphatic heterocycles. The molecule has 3 rings (SSSR count). The molecular weight excluding hydrogens is 294 g/mol. The summed E-state index contributed by atoms with van der Waals surface area (Å²) in [6, 6.07) is 10.9. The van der Waals surface area contributed by atoms with Crippen molar-refractivity contribution < 1.29 is 14.4 Å². The zero-order valence-corrected chi connectivity index (χ0v) is 12.9. The quantitative estimate of drug-likeness (QED) is 0.942. The Kier molecular flexibility index (Phi) is 3.97. The predicted molar refractivity (Wildman–Crippen MR) is 86.5 cm³/mol. The van der Waals surface area contributed by atoms with Gasteiger partial charge in [0.1, 0.15) is 5.75 Å². The molecular formula is C17H17N3O3. The second-order valence-corrected chi connectivity index (χ2v) is 5.46. The Hall–Kier alpha value is -2.89. The Labute approximate surface area is 134 Å². The number of oxime groups is 1. The minimum atomic E-state index is -1.03. The van der Waals surface area contributed by atoms with Crippen LogP contribution in [0, 0.1) is 0 Å². The van der Waals surface area contributed by atoms with E-state index in [1.54, 1.807) is 38.6 Å². The van der Waals surface area contributed by atoms with Crippen LogP contribution in [-0.4, -0.2) is 29.3 Å². The monoisotopic (exact) mass is 311 g/mol. The van der Waals surface area contributed by atoms with Crippen LogP contribution in [0.2, 0.25) is 0 Å². The zero-order valence-electron chi connectivity index (χ0n) is 12.9. The summed E-state index contributed by atoms with van der Waals surface area (Å²) in [4.78, 5) is 21.8. The highest BCUT2D eigenvalue weighted by atomic mass is 16.7. The number of amides is 1. The molecule has 1 aromatic heterocycles. The summed E-state index contributed by atoms with van der Waals surface area (Å²) in [5, 5.41) is 6.90. The lowest BCUT2D eigenvalue weighted by Crippen LogP contribution is -2.40. The third kappa shape index (κ3) is 3.15. The average Bonchev–Trinajstić information content (AvgIpc) is 3.00. The van der Waals surface area contributed by atoms with E-state index in [2.05, 4.69) is 15.5 Å². The van der Waals surface area contributed by atoms with Crippen LogP contribution in [0.25, 0.3) is 0 Å². The van der Waals surface area contributed by atoms with Gasteiger partial charge in [0.15, 0.2) is 0 Å². The lowest BCUT2D eigenvalue weighted by molar-refractivity contribution is -0.135. The van der Waals surface area contributed by atoms with E-state index < -0.39 is 5.60 Å². The largest absolute Gasteiger partial charge is 0.497 e. The van der Waals surface area contributed by atoms with Gasteiger partial charge in [-0.1, -0.05) is 5.16 Å². The SMILES string of the molecule is COc1ccc(C2=NO[C@@](C)(C(=O)Nc3ccncc3)C2)cc1. The van der Waals surface area contributed by atoms with Crippen molar-refractivity contribution in [1.29, 1.82) is 0 Å². The highest BCUT2D eigenvalue weighted by Crippen LogP contribution is 2.28. The maximum atomic E-state index is 12.5. The van der Waals surface area contributed by atoms with Gasteiger partial charge < -0.3 is 14.9 Å². The van der Waals surface area contributed by atoms with Gasteiger partial charge in [-0.2, -0.15) is 0 Å². The fourth-order valence-corrected chi connectivity index (χ4v) is 2.30. The van der Waals surface area contributed by atoms with E-state index in [1.165, 1.54) is 0 Å². The third-order valence-corrected chi connectivity index (χ3v) is 3.70. The molecule has 1 N–H and O–H groups in total. The van der Waals surface area contributed by atoms with Crippen molar-refractivity contribution in [3.8, 4) is 5.75 Å². The van der Waals surface area contributed by atoms with Gasteiger partial charge >= 0.3 is 0 Å². The van der Waals surface area contributed by atoms with E-state index in [-0.39, 0.29) is 5.91 Å². The van der Waals surface area contributed by atoms with Gasteiger partial charge in [-0.25, -0.2) is 0 Å². The van der Waals surface area contributed by atoms with Crippen LogP contribution in [0.4, 0.5) is 5.69 Å². The van der Waals surface area contributed by atoms with E-state index in [1.807, 2.05) is 24.3 Å². The number of carbonyl (C=O) groups excluding carboxylic acids is 1. The van der Waals surface area contributed by atoms with Crippen molar-refractivity contribution in [3.05, 3.63) is 54.4 Å². The summed E-state index contributed by atoms with van der Waals surface area (Å²) < 4.78 is 5.14. The van der Waals surface area contributed by atoms with Gasteiger partial charge in [0, 0.05) is 24.5 Å². The van der Waals surface area contributed by atoms with Crippen LogP contribution >= 0.6 is 0 Å². The fourth-order valence-electron chi connectivity index (χ4n) is 2.30. The number of pyridine rings is 1. The summed E-state index contributed by atoms with van der Waals surface area (Å²) in [5.74, 6) is 0.530. The normalized spacial score (nSPS) is 19.7. The van der Waals surface area contributed by atoms with Gasteiger partial charge in [-0.05, 0) is 48.9 Å². The molecule has 0 fully saturated rings. The first-order chi connectivity index (χ1) is 11.1. The molecule has 2 aromatic rings. The van der Waals surface area contributed by atoms with Crippen LogP contribution in [-0.2, 0) is 9.63 Å². The van der Waals surface area contributed by atoms with Gasteiger partial charge in [-0.15, -0.1) is 0 Å². The van der Waals surface area contributed by atoms with E-state index in [0.29, 0.717) is 12.1 Å². The average molecular weight is 311 g/mol. The minimum Gasteiger partial charge on any atom is -0.497 e. The first-order valence-corrected chi connectivity index (χ1v) is 7.22. The Balaban J connectivity index is 1.69. The van der Waals surface area contributed by atoms with Crippen molar-refractivity contribution >= 4 is 17.3 Å². The first kappa shape index (κ1) is 15.0. The Morgan fingerprint density at radius 1 is 1.22 bits per heavy atom. The van der Waals surface area contributed by atoms with Crippen LogP contribution in [0.1, 0.15) is 18.9 Å². The molecule has 0 unspecified atom stereocenters. The fraction of sp³-hybridized carbons (Fsp3) is 0.235. The van der Waals surface area contributed by atoms with Crippen molar-refractivity contribution in [2.45, 2.75) is 18.9 Å². The minimum absolute atomic E-state index is 0.240. The standard InChI is InChI=1S/C17H17N3O3/c1-17(16(21)19-13-7-9-18-10-8-13)11-15(20-23-17)12-3-5-14(22-2)6-4-12/h3-10H,11H2,1-2H3,(H,18,19,21)/t17-/m1/s1. The highest BCUT2D eigenvalue weighted by molar-refractivity contribution is 6.07. The molecule has 6 heteroatoms.